The molecule has 0 aromatic heterocycles. The Morgan fingerprint density at radius 1 is 1.39 bits per heavy atom. The van der Waals surface area contributed by atoms with Crippen molar-refractivity contribution < 1.29 is 24.5 Å². The van der Waals surface area contributed by atoms with Gasteiger partial charge in [-0.2, -0.15) is 0 Å². The largest absolute Gasteiger partial charge is 0.481 e. The summed E-state index contributed by atoms with van der Waals surface area (Å²) in [5.41, 5.74) is -1.97. The average molecular weight is 259 g/mol. The lowest BCUT2D eigenvalue weighted by Gasteiger charge is -2.28. The molecule has 1 aliphatic rings. The Kier molecular flexibility index (Phi) is 3.90. The number of β-amino-alcohol motifs (C(OH)–C–C–N with tert-alkyl or cyclic N) is 1. The highest BCUT2D eigenvalue weighted by molar-refractivity contribution is 5.72. The molecular weight excluding hydrogens is 238 g/mol. The van der Waals surface area contributed by atoms with Crippen molar-refractivity contribution in [3.8, 4) is 0 Å². The number of hydrogen-bond donors (Lipinski definition) is 2. The molecule has 1 amide bonds. The molecule has 0 saturated carbocycles. The van der Waals surface area contributed by atoms with Crippen LogP contribution in [0.1, 0.15) is 34.1 Å². The monoisotopic (exact) mass is 259 g/mol. The lowest BCUT2D eigenvalue weighted by molar-refractivity contribution is -0.150. The molecule has 6 nitrogen and oxygen atoms in total. The first-order valence-corrected chi connectivity index (χ1v) is 5.98. The molecule has 2 unspecified atom stereocenters. The molecule has 1 saturated heterocycles. The van der Waals surface area contributed by atoms with Crippen LogP contribution in [0, 0.1) is 5.92 Å². The van der Waals surface area contributed by atoms with Crippen molar-refractivity contribution in [1.29, 1.82) is 0 Å². The zero-order chi connectivity index (χ0) is 14.1. The predicted octanol–water partition coefficient (Wildman–Crippen LogP) is 1.08. The zero-order valence-electron chi connectivity index (χ0n) is 11.3. The molecule has 0 spiro atoms. The molecule has 104 valence electrons. The summed E-state index contributed by atoms with van der Waals surface area (Å²) >= 11 is 0. The molecule has 0 aromatic carbocycles. The highest BCUT2D eigenvalue weighted by Gasteiger charge is 2.46. The van der Waals surface area contributed by atoms with Gasteiger partial charge in [0.15, 0.2) is 0 Å². The second kappa shape index (κ2) is 4.76. The number of aliphatic hydroxyl groups is 1. The van der Waals surface area contributed by atoms with Crippen LogP contribution in [0.5, 0.6) is 0 Å². The predicted molar refractivity (Wildman–Crippen MR) is 64.2 cm³/mol. The van der Waals surface area contributed by atoms with Crippen molar-refractivity contribution in [3.63, 3.8) is 0 Å². The second-order valence-electron chi connectivity index (χ2n) is 5.82. The van der Waals surface area contributed by atoms with E-state index in [2.05, 4.69) is 0 Å². The van der Waals surface area contributed by atoms with Crippen molar-refractivity contribution in [2.75, 3.05) is 13.1 Å². The number of rotatable bonds is 2. The van der Waals surface area contributed by atoms with Crippen molar-refractivity contribution >= 4 is 12.1 Å². The van der Waals surface area contributed by atoms with Gasteiger partial charge >= 0.3 is 12.1 Å². The van der Waals surface area contributed by atoms with Gasteiger partial charge in [-0.15, -0.1) is 0 Å². The van der Waals surface area contributed by atoms with Crippen LogP contribution < -0.4 is 0 Å². The molecule has 2 N–H and O–H groups in total. The first kappa shape index (κ1) is 14.8. The normalized spacial score (nSPS) is 25.9. The van der Waals surface area contributed by atoms with E-state index in [0.29, 0.717) is 6.54 Å². The van der Waals surface area contributed by atoms with Crippen LogP contribution in [0.25, 0.3) is 0 Å². The number of carboxylic acid groups (broad SMARTS) is 1. The maximum absolute atomic E-state index is 11.8. The first-order chi connectivity index (χ1) is 8.05. The highest BCUT2D eigenvalue weighted by Crippen LogP contribution is 2.30. The quantitative estimate of drug-likeness (QED) is 0.774. The van der Waals surface area contributed by atoms with E-state index < -0.39 is 29.2 Å². The van der Waals surface area contributed by atoms with Gasteiger partial charge in [-0.05, 0) is 34.1 Å². The van der Waals surface area contributed by atoms with Crippen LogP contribution in [0.2, 0.25) is 0 Å². The number of amides is 1. The molecule has 18 heavy (non-hydrogen) atoms. The van der Waals surface area contributed by atoms with E-state index in [4.69, 9.17) is 9.84 Å². The topological polar surface area (TPSA) is 87.1 Å². The van der Waals surface area contributed by atoms with Crippen molar-refractivity contribution in [2.45, 2.75) is 45.3 Å². The third-order valence-electron chi connectivity index (χ3n) is 3.11. The first-order valence-electron chi connectivity index (χ1n) is 5.98. The van der Waals surface area contributed by atoms with Gasteiger partial charge in [0.05, 0.1) is 18.1 Å². The standard InChI is InChI=1S/C12H21NO5/c1-8(9(14)15)12(17)5-6-13(7-12)10(16)18-11(2,3)4/h8,17H,5-7H2,1-4H3,(H,14,15). The fourth-order valence-electron chi connectivity index (χ4n) is 1.88. The highest BCUT2D eigenvalue weighted by atomic mass is 16.6. The number of carboxylic acids is 1. The van der Waals surface area contributed by atoms with Crippen LogP contribution in [0.4, 0.5) is 4.79 Å². The summed E-state index contributed by atoms with van der Waals surface area (Å²) in [6.07, 6.45) is -0.268. The molecule has 1 aliphatic heterocycles. The van der Waals surface area contributed by atoms with Crippen LogP contribution in [0.3, 0.4) is 0 Å². The van der Waals surface area contributed by atoms with E-state index in [-0.39, 0.29) is 13.0 Å². The number of aliphatic carboxylic acids is 1. The van der Waals surface area contributed by atoms with E-state index in [1.807, 2.05) is 0 Å². The Labute approximate surface area is 107 Å². The lowest BCUT2D eigenvalue weighted by Crippen LogP contribution is -2.45. The molecule has 0 aliphatic carbocycles. The van der Waals surface area contributed by atoms with Gasteiger partial charge in [0.25, 0.3) is 0 Å². The van der Waals surface area contributed by atoms with E-state index >= 15 is 0 Å². The summed E-state index contributed by atoms with van der Waals surface area (Å²) in [6, 6.07) is 0. The minimum absolute atomic E-state index is 0.00458. The summed E-state index contributed by atoms with van der Waals surface area (Å²) in [5.74, 6) is -1.98. The molecule has 0 bridgehead atoms. The van der Waals surface area contributed by atoms with Gasteiger partial charge in [0, 0.05) is 6.54 Å². The molecular formula is C12H21NO5. The van der Waals surface area contributed by atoms with E-state index in [1.54, 1.807) is 20.8 Å². The molecule has 1 heterocycles. The Morgan fingerprint density at radius 3 is 2.39 bits per heavy atom. The number of nitrogens with zero attached hydrogens (tertiary/aromatic N) is 1. The van der Waals surface area contributed by atoms with Crippen LogP contribution >= 0.6 is 0 Å². The Bertz CT molecular complexity index is 349. The zero-order valence-corrected chi connectivity index (χ0v) is 11.3. The fraction of sp³-hybridized carbons (Fsp3) is 0.833. The number of likely N-dealkylation sites (tertiary alicyclic amines) is 1. The van der Waals surface area contributed by atoms with Gasteiger partial charge in [0.1, 0.15) is 5.60 Å². The van der Waals surface area contributed by atoms with Crippen molar-refractivity contribution in [1.82, 2.24) is 4.90 Å². The smallest absolute Gasteiger partial charge is 0.410 e. The molecule has 1 fully saturated rings. The van der Waals surface area contributed by atoms with Gasteiger partial charge in [0.2, 0.25) is 0 Å². The molecule has 0 radical (unpaired) electrons. The van der Waals surface area contributed by atoms with Crippen LogP contribution in [0.15, 0.2) is 0 Å². The third kappa shape index (κ3) is 3.35. The molecule has 0 aromatic rings. The van der Waals surface area contributed by atoms with Crippen molar-refractivity contribution in [2.24, 2.45) is 5.92 Å². The number of hydrogen-bond acceptors (Lipinski definition) is 4. The van der Waals surface area contributed by atoms with Crippen LogP contribution in [-0.2, 0) is 9.53 Å². The minimum atomic E-state index is -1.37. The summed E-state index contributed by atoms with van der Waals surface area (Å²) in [4.78, 5) is 24.0. The Hall–Kier alpha value is -1.30. The molecule has 1 rings (SSSR count). The molecule has 6 heteroatoms. The average Bonchev–Trinajstić information content (AvgIpc) is 2.58. The van der Waals surface area contributed by atoms with E-state index in [9.17, 15) is 14.7 Å². The Morgan fingerprint density at radius 2 is 1.94 bits per heavy atom. The maximum Gasteiger partial charge on any atom is 0.410 e. The fourth-order valence-corrected chi connectivity index (χ4v) is 1.88. The van der Waals surface area contributed by atoms with Gasteiger partial charge in [-0.3, -0.25) is 4.79 Å². The number of ether oxygens (including phenoxy) is 1. The summed E-state index contributed by atoms with van der Waals surface area (Å²) in [5, 5.41) is 19.1. The maximum atomic E-state index is 11.8. The van der Waals surface area contributed by atoms with E-state index in [0.717, 1.165) is 0 Å². The van der Waals surface area contributed by atoms with Crippen molar-refractivity contribution in [3.05, 3.63) is 0 Å². The third-order valence-corrected chi connectivity index (χ3v) is 3.11. The lowest BCUT2D eigenvalue weighted by atomic mass is 9.88. The summed E-state index contributed by atoms with van der Waals surface area (Å²) in [6.45, 7) is 7.02. The summed E-state index contributed by atoms with van der Waals surface area (Å²) < 4.78 is 5.18. The summed E-state index contributed by atoms with van der Waals surface area (Å²) in [7, 11) is 0. The minimum Gasteiger partial charge on any atom is -0.481 e. The van der Waals surface area contributed by atoms with Gasteiger partial charge in [-0.25, -0.2) is 4.79 Å². The SMILES string of the molecule is CC(C(=O)O)C1(O)CCN(C(=O)OC(C)(C)C)C1. The van der Waals surface area contributed by atoms with Crippen LogP contribution in [-0.4, -0.2) is 51.5 Å². The Balaban J connectivity index is 2.66. The number of carbonyl (C=O) groups excluding carboxylic acids is 1. The number of carbonyl (C=O) groups is 2. The van der Waals surface area contributed by atoms with Gasteiger partial charge in [-0.1, -0.05) is 0 Å². The van der Waals surface area contributed by atoms with Gasteiger partial charge < -0.3 is 19.8 Å². The second-order valence-corrected chi connectivity index (χ2v) is 5.82. The molecule has 2 atom stereocenters. The van der Waals surface area contributed by atoms with E-state index in [1.165, 1.54) is 11.8 Å².